The molecule has 0 unspecified atom stereocenters. The zero-order valence-corrected chi connectivity index (χ0v) is 18.4. The Morgan fingerprint density at radius 3 is 2.28 bits per heavy atom. The van der Waals surface area contributed by atoms with Gasteiger partial charge in [-0.05, 0) is 42.8 Å². The van der Waals surface area contributed by atoms with Crippen molar-refractivity contribution in [3.8, 4) is 22.5 Å². The van der Waals surface area contributed by atoms with Gasteiger partial charge in [0.25, 0.3) is 0 Å². The molecule has 2 heterocycles. The van der Waals surface area contributed by atoms with Gasteiger partial charge in [0.2, 0.25) is 5.91 Å². The van der Waals surface area contributed by atoms with Crippen LogP contribution < -0.4 is 5.32 Å². The van der Waals surface area contributed by atoms with Crippen molar-refractivity contribution < 1.29 is 14.7 Å². The summed E-state index contributed by atoms with van der Waals surface area (Å²) >= 11 is 0. The first-order valence-corrected chi connectivity index (χ1v) is 10.2. The molecule has 7 heteroatoms. The third-order valence-electron chi connectivity index (χ3n) is 5.21. The van der Waals surface area contributed by atoms with Gasteiger partial charge in [-0.25, -0.2) is 14.3 Å². The number of aryl methyl sites for hydroxylation is 1. The fourth-order valence-corrected chi connectivity index (χ4v) is 3.18. The van der Waals surface area contributed by atoms with Crippen LogP contribution in [0.2, 0.25) is 0 Å². The number of amides is 1. The van der Waals surface area contributed by atoms with Gasteiger partial charge in [-0.15, -0.1) is 0 Å². The van der Waals surface area contributed by atoms with E-state index in [4.69, 9.17) is 5.11 Å². The van der Waals surface area contributed by atoms with Gasteiger partial charge in [0.05, 0.1) is 23.1 Å². The van der Waals surface area contributed by atoms with Crippen molar-refractivity contribution in [2.75, 3.05) is 5.32 Å². The standard InChI is InChI=1S/C25H24N4O3/c1-15-5-6-18(13-20(15)27-24(32)25(2,3)4)21-14-29-22(26-21)12-11-19(28-29)16-7-9-17(10-8-16)23(30)31/h5-14H,1-4H3,(H,27,32)(H,30,31). The Morgan fingerprint density at radius 2 is 1.62 bits per heavy atom. The molecule has 4 aromatic rings. The lowest BCUT2D eigenvalue weighted by Crippen LogP contribution is -2.27. The number of anilines is 1. The van der Waals surface area contributed by atoms with E-state index in [0.29, 0.717) is 11.3 Å². The lowest BCUT2D eigenvalue weighted by molar-refractivity contribution is -0.123. The van der Waals surface area contributed by atoms with Crippen LogP contribution in [0.15, 0.2) is 60.8 Å². The molecule has 0 aliphatic heterocycles. The predicted molar refractivity (Wildman–Crippen MR) is 124 cm³/mol. The van der Waals surface area contributed by atoms with E-state index >= 15 is 0 Å². The van der Waals surface area contributed by atoms with Crippen LogP contribution in [0.4, 0.5) is 5.69 Å². The summed E-state index contributed by atoms with van der Waals surface area (Å²) in [5.74, 6) is -1.01. The summed E-state index contributed by atoms with van der Waals surface area (Å²) in [6.07, 6.45) is 1.84. The van der Waals surface area contributed by atoms with Crippen molar-refractivity contribution in [3.05, 3.63) is 71.9 Å². The van der Waals surface area contributed by atoms with E-state index in [9.17, 15) is 9.59 Å². The van der Waals surface area contributed by atoms with Crippen molar-refractivity contribution in [1.82, 2.24) is 14.6 Å². The Bertz CT molecular complexity index is 1330. The highest BCUT2D eigenvalue weighted by molar-refractivity contribution is 5.95. The van der Waals surface area contributed by atoms with Crippen molar-refractivity contribution in [3.63, 3.8) is 0 Å². The number of carboxylic acids is 1. The van der Waals surface area contributed by atoms with Gasteiger partial charge in [-0.1, -0.05) is 45.0 Å². The second kappa shape index (κ2) is 7.92. The molecule has 0 radical (unpaired) electrons. The number of imidazole rings is 1. The molecule has 0 saturated carbocycles. The first-order valence-electron chi connectivity index (χ1n) is 10.2. The number of hydrogen-bond donors (Lipinski definition) is 2. The van der Waals surface area contributed by atoms with E-state index in [0.717, 1.165) is 28.1 Å². The number of aromatic nitrogens is 3. The van der Waals surface area contributed by atoms with Gasteiger partial charge in [-0.2, -0.15) is 5.10 Å². The highest BCUT2D eigenvalue weighted by Crippen LogP contribution is 2.27. The van der Waals surface area contributed by atoms with Crippen LogP contribution in [0.5, 0.6) is 0 Å². The quantitative estimate of drug-likeness (QED) is 0.474. The molecule has 2 N–H and O–H groups in total. The minimum atomic E-state index is -0.963. The second-order valence-corrected chi connectivity index (χ2v) is 8.76. The minimum absolute atomic E-state index is 0.0482. The summed E-state index contributed by atoms with van der Waals surface area (Å²) in [5, 5.41) is 16.7. The Hall–Kier alpha value is -4.00. The fraction of sp³-hybridized carbons (Fsp3) is 0.200. The number of rotatable bonds is 4. The summed E-state index contributed by atoms with van der Waals surface area (Å²) < 4.78 is 1.70. The summed E-state index contributed by atoms with van der Waals surface area (Å²) in [5.41, 5.74) is 5.29. The number of fused-ring (bicyclic) bond motifs is 1. The topological polar surface area (TPSA) is 96.6 Å². The first kappa shape index (κ1) is 21.2. The lowest BCUT2D eigenvalue weighted by atomic mass is 9.95. The largest absolute Gasteiger partial charge is 0.478 e. The number of benzene rings is 2. The number of carbonyl (C=O) groups is 2. The SMILES string of the molecule is Cc1ccc(-c2cn3nc(-c4ccc(C(=O)O)cc4)ccc3n2)cc1NC(=O)C(C)(C)C. The van der Waals surface area contributed by atoms with E-state index < -0.39 is 11.4 Å². The Kier molecular flexibility index (Phi) is 5.26. The average molecular weight is 428 g/mol. The average Bonchev–Trinajstić information content (AvgIpc) is 3.18. The number of carboxylic acid groups (broad SMARTS) is 1. The summed E-state index contributed by atoms with van der Waals surface area (Å²) in [4.78, 5) is 28.2. The van der Waals surface area contributed by atoms with Crippen molar-refractivity contribution in [2.45, 2.75) is 27.7 Å². The van der Waals surface area contributed by atoms with Crippen molar-refractivity contribution in [1.29, 1.82) is 0 Å². The maximum absolute atomic E-state index is 12.4. The maximum Gasteiger partial charge on any atom is 0.335 e. The van der Waals surface area contributed by atoms with Crippen molar-refractivity contribution >= 4 is 23.2 Å². The zero-order chi connectivity index (χ0) is 23.0. The second-order valence-electron chi connectivity index (χ2n) is 8.76. The molecule has 0 aliphatic carbocycles. The molecule has 0 aliphatic rings. The molecule has 162 valence electrons. The third kappa shape index (κ3) is 4.23. The number of nitrogens with zero attached hydrogens (tertiary/aromatic N) is 3. The van der Waals surface area contributed by atoms with E-state index in [1.165, 1.54) is 0 Å². The van der Waals surface area contributed by atoms with Crippen LogP contribution in [0.3, 0.4) is 0 Å². The molecule has 2 aromatic heterocycles. The predicted octanol–water partition coefficient (Wildman–Crippen LogP) is 5.05. The van der Waals surface area contributed by atoms with Crippen LogP contribution >= 0.6 is 0 Å². The third-order valence-corrected chi connectivity index (χ3v) is 5.21. The molecular weight excluding hydrogens is 404 g/mol. The van der Waals surface area contributed by atoms with Gasteiger partial charge >= 0.3 is 5.97 Å². The molecule has 0 saturated heterocycles. The van der Waals surface area contributed by atoms with Crippen LogP contribution in [-0.2, 0) is 4.79 Å². The van der Waals surface area contributed by atoms with Crippen LogP contribution in [-0.4, -0.2) is 31.6 Å². The number of hydrogen-bond acceptors (Lipinski definition) is 4. The van der Waals surface area contributed by atoms with E-state index in [1.54, 1.807) is 28.8 Å². The molecule has 0 bridgehead atoms. The van der Waals surface area contributed by atoms with Crippen LogP contribution in [0.25, 0.3) is 28.2 Å². The molecule has 0 fully saturated rings. The number of carbonyl (C=O) groups excluding carboxylic acids is 1. The molecule has 0 atom stereocenters. The highest BCUT2D eigenvalue weighted by atomic mass is 16.4. The lowest BCUT2D eigenvalue weighted by Gasteiger charge is -2.19. The molecule has 4 rings (SSSR count). The molecule has 0 spiro atoms. The van der Waals surface area contributed by atoms with Gasteiger partial charge < -0.3 is 10.4 Å². The van der Waals surface area contributed by atoms with Crippen LogP contribution in [0, 0.1) is 12.3 Å². The summed E-state index contributed by atoms with van der Waals surface area (Å²) in [6, 6.07) is 16.2. The first-order chi connectivity index (χ1) is 15.1. The Morgan fingerprint density at radius 1 is 0.938 bits per heavy atom. The Balaban J connectivity index is 1.66. The van der Waals surface area contributed by atoms with Crippen molar-refractivity contribution in [2.24, 2.45) is 5.41 Å². The summed E-state index contributed by atoms with van der Waals surface area (Å²) in [6.45, 7) is 7.58. The normalized spacial score (nSPS) is 11.5. The molecule has 32 heavy (non-hydrogen) atoms. The smallest absolute Gasteiger partial charge is 0.335 e. The van der Waals surface area contributed by atoms with Crippen LogP contribution in [0.1, 0.15) is 36.7 Å². The maximum atomic E-state index is 12.4. The minimum Gasteiger partial charge on any atom is -0.478 e. The monoisotopic (exact) mass is 428 g/mol. The molecule has 2 aromatic carbocycles. The van der Waals surface area contributed by atoms with E-state index in [2.05, 4.69) is 15.4 Å². The number of aromatic carboxylic acids is 1. The summed E-state index contributed by atoms with van der Waals surface area (Å²) in [7, 11) is 0. The Labute approximate surface area is 185 Å². The van der Waals surface area contributed by atoms with Gasteiger partial charge in [-0.3, -0.25) is 4.79 Å². The van der Waals surface area contributed by atoms with Gasteiger partial charge in [0.1, 0.15) is 0 Å². The molecule has 7 nitrogen and oxygen atoms in total. The molecule has 1 amide bonds. The fourth-order valence-electron chi connectivity index (χ4n) is 3.18. The van der Waals surface area contributed by atoms with Gasteiger partial charge in [0.15, 0.2) is 5.65 Å². The van der Waals surface area contributed by atoms with Gasteiger partial charge in [0, 0.05) is 22.2 Å². The number of nitrogens with one attached hydrogen (secondary N) is 1. The zero-order valence-electron chi connectivity index (χ0n) is 18.4. The van der Waals surface area contributed by atoms with E-state index in [-0.39, 0.29) is 11.5 Å². The van der Waals surface area contributed by atoms with E-state index in [1.807, 2.05) is 64.2 Å². The highest BCUT2D eigenvalue weighted by Gasteiger charge is 2.22. The molecular formula is C25H24N4O3.